The Labute approximate surface area is 163 Å². The molecule has 3 nitrogen and oxygen atoms in total. The molecule has 3 aromatic rings. The third-order valence-electron chi connectivity index (χ3n) is 4.77. The second-order valence-corrected chi connectivity index (χ2v) is 7.37. The van der Waals surface area contributed by atoms with Crippen molar-refractivity contribution in [3.8, 4) is 23.0 Å². The Bertz CT molecular complexity index is 1100. The molecule has 4 heteroatoms. The molecule has 1 aromatic heterocycles. The van der Waals surface area contributed by atoms with E-state index in [0.29, 0.717) is 10.9 Å². The Morgan fingerprint density at radius 3 is 2.63 bits per heavy atom. The molecule has 27 heavy (non-hydrogen) atoms. The average molecular weight is 376 g/mol. The number of aliphatic carboxylic acids is 1. The van der Waals surface area contributed by atoms with Crippen LogP contribution in [0.2, 0.25) is 5.02 Å². The van der Waals surface area contributed by atoms with Crippen LogP contribution in [0.15, 0.2) is 42.5 Å². The highest BCUT2D eigenvalue weighted by atomic mass is 35.5. The smallest absolute Gasteiger partial charge is 0.307 e. The molecule has 0 aliphatic heterocycles. The quantitative estimate of drug-likeness (QED) is 0.636. The number of nitrogens with zero attached hydrogens (tertiary/aromatic N) is 1. The molecule has 134 valence electrons. The van der Waals surface area contributed by atoms with Gasteiger partial charge in [-0.2, -0.15) is 0 Å². The molecule has 1 saturated carbocycles. The third-order valence-corrected chi connectivity index (χ3v) is 5.02. The van der Waals surface area contributed by atoms with E-state index in [1.165, 1.54) is 12.8 Å². The van der Waals surface area contributed by atoms with Gasteiger partial charge in [-0.15, -0.1) is 0 Å². The summed E-state index contributed by atoms with van der Waals surface area (Å²) >= 11 is 6.04. The number of carboxylic acid groups (broad SMARTS) is 1. The normalized spacial score (nSPS) is 13.3. The van der Waals surface area contributed by atoms with Crippen molar-refractivity contribution in [2.75, 3.05) is 0 Å². The van der Waals surface area contributed by atoms with E-state index in [1.54, 1.807) is 0 Å². The van der Waals surface area contributed by atoms with Gasteiger partial charge < -0.3 is 5.11 Å². The van der Waals surface area contributed by atoms with Crippen molar-refractivity contribution >= 4 is 28.5 Å². The van der Waals surface area contributed by atoms with E-state index in [9.17, 15) is 9.90 Å². The highest BCUT2D eigenvalue weighted by Crippen LogP contribution is 2.35. The SMILES string of the molecule is Cc1cc2nc(C#CC3CC3)ccc2c(-c2ccc(Cl)cc2)c1CC(=O)O. The number of carboxylic acids is 1. The van der Waals surface area contributed by atoms with Gasteiger partial charge in [0, 0.05) is 16.3 Å². The molecule has 0 spiro atoms. The van der Waals surface area contributed by atoms with Gasteiger partial charge in [0.1, 0.15) is 5.69 Å². The number of pyridine rings is 1. The number of hydrogen-bond donors (Lipinski definition) is 1. The van der Waals surface area contributed by atoms with Crippen molar-refractivity contribution in [2.24, 2.45) is 5.92 Å². The van der Waals surface area contributed by atoms with E-state index in [4.69, 9.17) is 16.6 Å². The summed E-state index contributed by atoms with van der Waals surface area (Å²) in [4.78, 5) is 16.2. The lowest BCUT2D eigenvalue weighted by molar-refractivity contribution is -0.136. The molecule has 1 heterocycles. The summed E-state index contributed by atoms with van der Waals surface area (Å²) in [5.41, 5.74) is 5.13. The molecule has 2 aromatic carbocycles. The number of carbonyl (C=O) groups is 1. The number of hydrogen-bond acceptors (Lipinski definition) is 2. The second kappa shape index (κ2) is 7.06. The number of rotatable bonds is 3. The molecule has 0 unspecified atom stereocenters. The zero-order valence-corrected chi connectivity index (χ0v) is 15.7. The molecule has 0 radical (unpaired) electrons. The first kappa shape index (κ1) is 17.6. The maximum Gasteiger partial charge on any atom is 0.307 e. The molecule has 1 aliphatic rings. The molecular formula is C23H18ClNO2. The average Bonchev–Trinajstić information content (AvgIpc) is 3.46. The molecule has 0 saturated heterocycles. The van der Waals surface area contributed by atoms with E-state index in [1.807, 2.05) is 49.4 Å². The molecule has 1 N–H and O–H groups in total. The highest BCUT2D eigenvalue weighted by Gasteiger charge is 2.18. The standard InChI is InChI=1S/C23H18ClNO2/c1-14-12-21-19(11-10-18(25-21)9-4-15-2-3-15)23(20(14)13-22(26)27)16-5-7-17(24)8-6-16/h5-8,10-12,15H,2-3,13H2,1H3,(H,26,27). The van der Waals surface area contributed by atoms with Gasteiger partial charge in [0.05, 0.1) is 11.9 Å². The van der Waals surface area contributed by atoms with Crippen LogP contribution in [0.25, 0.3) is 22.0 Å². The molecule has 0 atom stereocenters. The molecule has 4 rings (SSSR count). The lowest BCUT2D eigenvalue weighted by Crippen LogP contribution is -2.05. The summed E-state index contributed by atoms with van der Waals surface area (Å²) in [5, 5.41) is 11.0. The highest BCUT2D eigenvalue weighted by molar-refractivity contribution is 6.30. The fourth-order valence-electron chi connectivity index (χ4n) is 3.25. The first-order valence-corrected chi connectivity index (χ1v) is 9.31. The van der Waals surface area contributed by atoms with E-state index >= 15 is 0 Å². The fourth-order valence-corrected chi connectivity index (χ4v) is 3.37. The van der Waals surface area contributed by atoms with E-state index < -0.39 is 5.97 Å². The zero-order chi connectivity index (χ0) is 19.0. The summed E-state index contributed by atoms with van der Waals surface area (Å²) in [5.74, 6) is 6.06. The van der Waals surface area contributed by atoms with Crippen LogP contribution in [0.3, 0.4) is 0 Å². The molecule has 0 bridgehead atoms. The predicted octanol–water partition coefficient (Wildman–Crippen LogP) is 5.25. The summed E-state index contributed by atoms with van der Waals surface area (Å²) in [6.45, 7) is 1.93. The molecule has 0 amide bonds. The largest absolute Gasteiger partial charge is 0.481 e. The van der Waals surface area contributed by atoms with Crippen LogP contribution in [-0.2, 0) is 11.2 Å². The van der Waals surface area contributed by atoms with Gasteiger partial charge in [0.2, 0.25) is 0 Å². The summed E-state index contributed by atoms with van der Waals surface area (Å²) in [7, 11) is 0. The number of aromatic nitrogens is 1. The Balaban J connectivity index is 1.93. The van der Waals surface area contributed by atoms with Gasteiger partial charge in [0.25, 0.3) is 0 Å². The van der Waals surface area contributed by atoms with Crippen LogP contribution in [0.1, 0.15) is 29.7 Å². The third kappa shape index (κ3) is 3.82. The summed E-state index contributed by atoms with van der Waals surface area (Å²) in [6, 6.07) is 13.3. The Kier molecular flexibility index (Phi) is 4.59. The van der Waals surface area contributed by atoms with Crippen molar-refractivity contribution < 1.29 is 9.90 Å². The monoisotopic (exact) mass is 375 g/mol. The zero-order valence-electron chi connectivity index (χ0n) is 14.9. The molecule has 1 aliphatic carbocycles. The predicted molar refractivity (Wildman–Crippen MR) is 108 cm³/mol. The lowest BCUT2D eigenvalue weighted by atomic mass is 9.90. The van der Waals surface area contributed by atoms with Crippen molar-refractivity contribution in [3.05, 3.63) is 64.3 Å². The topological polar surface area (TPSA) is 50.2 Å². The summed E-state index contributed by atoms with van der Waals surface area (Å²) < 4.78 is 0. The first-order chi connectivity index (χ1) is 13.0. The Morgan fingerprint density at radius 1 is 1.22 bits per heavy atom. The van der Waals surface area contributed by atoms with E-state index in [2.05, 4.69) is 11.8 Å². The van der Waals surface area contributed by atoms with Crippen LogP contribution in [0, 0.1) is 24.7 Å². The summed E-state index contributed by atoms with van der Waals surface area (Å²) in [6.07, 6.45) is 2.32. The van der Waals surface area contributed by atoms with Crippen LogP contribution < -0.4 is 0 Å². The van der Waals surface area contributed by atoms with Gasteiger partial charge in [-0.1, -0.05) is 29.7 Å². The van der Waals surface area contributed by atoms with Gasteiger partial charge >= 0.3 is 5.97 Å². The van der Waals surface area contributed by atoms with Gasteiger partial charge in [0.15, 0.2) is 0 Å². The van der Waals surface area contributed by atoms with Crippen LogP contribution >= 0.6 is 11.6 Å². The van der Waals surface area contributed by atoms with Crippen LogP contribution in [0.4, 0.5) is 0 Å². The number of benzene rings is 2. The van der Waals surface area contributed by atoms with Crippen molar-refractivity contribution in [1.29, 1.82) is 0 Å². The van der Waals surface area contributed by atoms with E-state index in [-0.39, 0.29) is 6.42 Å². The minimum Gasteiger partial charge on any atom is -0.481 e. The van der Waals surface area contributed by atoms with Crippen molar-refractivity contribution in [1.82, 2.24) is 4.98 Å². The number of halogens is 1. The Morgan fingerprint density at radius 2 is 1.96 bits per heavy atom. The maximum absolute atomic E-state index is 11.4. The van der Waals surface area contributed by atoms with Gasteiger partial charge in [-0.25, -0.2) is 4.98 Å². The number of fused-ring (bicyclic) bond motifs is 1. The molecular weight excluding hydrogens is 358 g/mol. The maximum atomic E-state index is 11.4. The van der Waals surface area contributed by atoms with Crippen LogP contribution in [0.5, 0.6) is 0 Å². The van der Waals surface area contributed by atoms with Crippen molar-refractivity contribution in [2.45, 2.75) is 26.2 Å². The second-order valence-electron chi connectivity index (χ2n) is 6.93. The number of aryl methyl sites for hydroxylation is 1. The lowest BCUT2D eigenvalue weighted by Gasteiger charge is -2.15. The fraction of sp³-hybridized carbons (Fsp3) is 0.217. The first-order valence-electron chi connectivity index (χ1n) is 8.94. The minimum atomic E-state index is -0.854. The van der Waals surface area contributed by atoms with Gasteiger partial charge in [-0.05, 0) is 78.3 Å². The van der Waals surface area contributed by atoms with E-state index in [0.717, 1.165) is 38.9 Å². The van der Waals surface area contributed by atoms with Gasteiger partial charge in [-0.3, -0.25) is 4.79 Å². The minimum absolute atomic E-state index is 0.0387. The van der Waals surface area contributed by atoms with Crippen molar-refractivity contribution in [3.63, 3.8) is 0 Å². The van der Waals surface area contributed by atoms with Crippen LogP contribution in [-0.4, -0.2) is 16.1 Å². The Hall–Kier alpha value is -2.83. The molecule has 1 fully saturated rings.